The lowest BCUT2D eigenvalue weighted by molar-refractivity contribution is -0.140. The minimum absolute atomic E-state index is 0.116. The Bertz CT molecular complexity index is 986. The van der Waals surface area contributed by atoms with Crippen molar-refractivity contribution in [2.75, 3.05) is 7.11 Å². The predicted octanol–water partition coefficient (Wildman–Crippen LogP) is 4.47. The standard InChI is InChI=1S/C23H23NO4S/c1-14-20(23(26)28-13-15-8-10-16(27-2)11-9-15)22(19-7-4-12-29-19)21-17(24-14)5-3-6-18(21)25/h4,7-12,22,24H,3,5-6,13H2,1-2H3. The summed E-state index contributed by atoms with van der Waals surface area (Å²) in [5.41, 5.74) is 3.83. The van der Waals surface area contributed by atoms with Gasteiger partial charge in [0.05, 0.1) is 18.6 Å². The van der Waals surface area contributed by atoms with Gasteiger partial charge in [0, 0.05) is 28.3 Å². The summed E-state index contributed by atoms with van der Waals surface area (Å²) in [5, 5.41) is 5.28. The first-order valence-electron chi connectivity index (χ1n) is 9.66. The number of Topliss-reactive ketones (excluding diaryl/α,β-unsaturated/α-hetero) is 1. The van der Waals surface area contributed by atoms with Gasteiger partial charge in [-0.05, 0) is 48.9 Å². The number of ether oxygens (including phenoxy) is 2. The molecule has 1 atom stereocenters. The second-order valence-corrected chi connectivity index (χ2v) is 8.18. The number of benzene rings is 1. The summed E-state index contributed by atoms with van der Waals surface area (Å²) >= 11 is 1.56. The Morgan fingerprint density at radius 3 is 2.69 bits per heavy atom. The van der Waals surface area contributed by atoms with Gasteiger partial charge < -0.3 is 14.8 Å². The third kappa shape index (κ3) is 3.85. The maximum Gasteiger partial charge on any atom is 0.337 e. The predicted molar refractivity (Wildman–Crippen MR) is 112 cm³/mol. The Morgan fingerprint density at radius 2 is 2.00 bits per heavy atom. The zero-order valence-corrected chi connectivity index (χ0v) is 17.3. The number of rotatable bonds is 5. The van der Waals surface area contributed by atoms with Crippen molar-refractivity contribution in [1.82, 2.24) is 5.32 Å². The smallest absolute Gasteiger partial charge is 0.337 e. The van der Waals surface area contributed by atoms with Crippen molar-refractivity contribution >= 4 is 23.1 Å². The van der Waals surface area contributed by atoms with Crippen molar-refractivity contribution in [2.45, 2.75) is 38.7 Å². The molecule has 4 rings (SSSR count). The average Bonchev–Trinajstić information content (AvgIpc) is 3.26. The monoisotopic (exact) mass is 409 g/mol. The molecule has 0 amide bonds. The lowest BCUT2D eigenvalue weighted by Gasteiger charge is -2.33. The molecule has 1 aromatic heterocycles. The highest BCUT2D eigenvalue weighted by molar-refractivity contribution is 7.10. The third-order valence-electron chi connectivity index (χ3n) is 5.35. The van der Waals surface area contributed by atoms with Crippen molar-refractivity contribution in [1.29, 1.82) is 0 Å². The molecule has 1 aromatic carbocycles. The van der Waals surface area contributed by atoms with Crippen LogP contribution in [0.3, 0.4) is 0 Å². The quantitative estimate of drug-likeness (QED) is 0.739. The maximum atomic E-state index is 13.1. The molecule has 1 N–H and O–H groups in total. The Labute approximate surface area is 174 Å². The normalized spacial score (nSPS) is 19.0. The number of ketones is 1. The number of hydrogen-bond donors (Lipinski definition) is 1. The average molecular weight is 410 g/mol. The highest BCUT2D eigenvalue weighted by Gasteiger charge is 2.39. The molecule has 0 radical (unpaired) electrons. The molecule has 5 nitrogen and oxygen atoms in total. The van der Waals surface area contributed by atoms with Gasteiger partial charge in [0.2, 0.25) is 0 Å². The molecule has 2 heterocycles. The SMILES string of the molecule is COc1ccc(COC(=O)C2=C(C)NC3=C(C(=O)CCC3)C2c2cccs2)cc1. The fraction of sp³-hybridized carbons (Fsp3) is 0.304. The molecule has 1 aliphatic heterocycles. The molecule has 1 unspecified atom stereocenters. The zero-order valence-electron chi connectivity index (χ0n) is 16.5. The summed E-state index contributed by atoms with van der Waals surface area (Å²) in [6, 6.07) is 11.3. The summed E-state index contributed by atoms with van der Waals surface area (Å²) in [4.78, 5) is 26.9. The van der Waals surface area contributed by atoms with Crippen molar-refractivity contribution in [2.24, 2.45) is 0 Å². The van der Waals surface area contributed by atoms with Crippen molar-refractivity contribution < 1.29 is 19.1 Å². The topological polar surface area (TPSA) is 64.6 Å². The number of carbonyl (C=O) groups excluding carboxylic acids is 2. The van der Waals surface area contributed by atoms with Gasteiger partial charge in [0.25, 0.3) is 0 Å². The molecule has 0 spiro atoms. The summed E-state index contributed by atoms with van der Waals surface area (Å²) in [6.07, 6.45) is 2.19. The van der Waals surface area contributed by atoms with Gasteiger partial charge in [-0.25, -0.2) is 4.79 Å². The summed E-state index contributed by atoms with van der Waals surface area (Å²) in [7, 11) is 1.61. The van der Waals surface area contributed by atoms with Crippen LogP contribution in [0.25, 0.3) is 0 Å². The highest BCUT2D eigenvalue weighted by Crippen LogP contribution is 2.43. The molecule has 150 valence electrons. The van der Waals surface area contributed by atoms with Gasteiger partial charge in [-0.3, -0.25) is 4.79 Å². The van der Waals surface area contributed by atoms with Gasteiger partial charge in [-0.2, -0.15) is 0 Å². The number of nitrogens with one attached hydrogen (secondary N) is 1. The fourth-order valence-corrected chi connectivity index (χ4v) is 4.79. The van der Waals surface area contributed by atoms with Gasteiger partial charge in [0.15, 0.2) is 5.78 Å². The minimum atomic E-state index is -0.394. The van der Waals surface area contributed by atoms with E-state index in [9.17, 15) is 9.59 Å². The number of allylic oxidation sites excluding steroid dienone is 3. The molecule has 2 aromatic rings. The molecular weight excluding hydrogens is 386 g/mol. The zero-order chi connectivity index (χ0) is 20.4. The second-order valence-electron chi connectivity index (χ2n) is 7.21. The number of dihydropyridines is 1. The third-order valence-corrected chi connectivity index (χ3v) is 6.29. The first-order chi connectivity index (χ1) is 14.1. The van der Waals surface area contributed by atoms with E-state index in [1.807, 2.05) is 48.7 Å². The van der Waals surface area contributed by atoms with Crippen LogP contribution in [-0.2, 0) is 20.9 Å². The number of esters is 1. The van der Waals surface area contributed by atoms with Crippen LogP contribution in [-0.4, -0.2) is 18.9 Å². The molecule has 0 bridgehead atoms. The van der Waals surface area contributed by atoms with Crippen LogP contribution in [0.4, 0.5) is 0 Å². The lowest BCUT2D eigenvalue weighted by atomic mass is 9.78. The molecule has 0 fully saturated rings. The highest BCUT2D eigenvalue weighted by atomic mass is 32.1. The van der Waals surface area contributed by atoms with Crippen LogP contribution >= 0.6 is 11.3 Å². The van der Waals surface area contributed by atoms with E-state index >= 15 is 0 Å². The Balaban J connectivity index is 1.61. The molecular formula is C23H23NO4S. The van der Waals surface area contributed by atoms with Gasteiger partial charge in [-0.15, -0.1) is 11.3 Å². The molecule has 1 aliphatic carbocycles. The molecule has 0 saturated carbocycles. The minimum Gasteiger partial charge on any atom is -0.497 e. The van der Waals surface area contributed by atoms with Crippen LogP contribution in [0, 0.1) is 0 Å². The Kier molecular flexibility index (Phi) is 5.53. The lowest BCUT2D eigenvalue weighted by Crippen LogP contribution is -2.34. The first kappa shape index (κ1) is 19.5. The number of hydrogen-bond acceptors (Lipinski definition) is 6. The van der Waals surface area contributed by atoms with E-state index in [0.717, 1.165) is 46.0 Å². The van der Waals surface area contributed by atoms with Gasteiger partial charge >= 0.3 is 5.97 Å². The number of methoxy groups -OCH3 is 1. The van der Waals surface area contributed by atoms with E-state index in [1.165, 1.54) is 0 Å². The summed E-state index contributed by atoms with van der Waals surface area (Å²) < 4.78 is 10.8. The van der Waals surface area contributed by atoms with Crippen LogP contribution < -0.4 is 10.1 Å². The van der Waals surface area contributed by atoms with Crippen LogP contribution in [0.1, 0.15) is 42.5 Å². The summed E-state index contributed by atoms with van der Waals surface area (Å²) in [5.74, 6) is 0.116. The van der Waals surface area contributed by atoms with E-state index in [1.54, 1.807) is 18.4 Å². The second kappa shape index (κ2) is 8.25. The van der Waals surface area contributed by atoms with E-state index < -0.39 is 5.97 Å². The first-order valence-corrected chi connectivity index (χ1v) is 10.5. The Morgan fingerprint density at radius 1 is 1.21 bits per heavy atom. The molecule has 0 saturated heterocycles. The van der Waals surface area contributed by atoms with Crippen LogP contribution in [0.15, 0.2) is 64.3 Å². The van der Waals surface area contributed by atoms with Crippen LogP contribution in [0.5, 0.6) is 5.75 Å². The molecule has 2 aliphatic rings. The van der Waals surface area contributed by atoms with Crippen molar-refractivity contribution in [3.63, 3.8) is 0 Å². The van der Waals surface area contributed by atoms with E-state index in [4.69, 9.17) is 9.47 Å². The fourth-order valence-electron chi connectivity index (χ4n) is 3.94. The van der Waals surface area contributed by atoms with E-state index in [-0.39, 0.29) is 18.3 Å². The van der Waals surface area contributed by atoms with Crippen molar-refractivity contribution in [3.8, 4) is 5.75 Å². The van der Waals surface area contributed by atoms with Crippen LogP contribution in [0.2, 0.25) is 0 Å². The van der Waals surface area contributed by atoms with Gasteiger partial charge in [0.1, 0.15) is 12.4 Å². The maximum absolute atomic E-state index is 13.1. The molecule has 29 heavy (non-hydrogen) atoms. The van der Waals surface area contributed by atoms with Gasteiger partial charge in [-0.1, -0.05) is 18.2 Å². The van der Waals surface area contributed by atoms with E-state index in [0.29, 0.717) is 12.0 Å². The number of carbonyl (C=O) groups is 2. The van der Waals surface area contributed by atoms with Crippen molar-refractivity contribution in [3.05, 3.63) is 74.8 Å². The number of thiophene rings is 1. The Hall–Kier alpha value is -2.86. The summed E-state index contributed by atoms with van der Waals surface area (Å²) in [6.45, 7) is 2.05. The largest absolute Gasteiger partial charge is 0.497 e. The van der Waals surface area contributed by atoms with E-state index in [2.05, 4.69) is 5.32 Å². The molecule has 6 heteroatoms.